The number of H-pyrrole nitrogens is 1. The standard InChI is InChI=1S/C23H15FN2O3/c24-20-7-2-1-6-17(20)22(29)19-13-26-23-18(19)11-16(12-25-23)15-5-3-4-14(10-15)8-9-21(27)28/h1-13H,(H,25,26)(H,27,28). The lowest BCUT2D eigenvalue weighted by atomic mass is 10.00. The van der Waals surface area contributed by atoms with E-state index in [1.54, 1.807) is 18.3 Å². The van der Waals surface area contributed by atoms with Crippen molar-refractivity contribution in [1.29, 1.82) is 0 Å². The normalized spacial score (nSPS) is 11.2. The van der Waals surface area contributed by atoms with Gasteiger partial charge in [0.05, 0.1) is 5.56 Å². The zero-order valence-corrected chi connectivity index (χ0v) is 15.1. The third-order valence-corrected chi connectivity index (χ3v) is 4.53. The predicted octanol–water partition coefficient (Wildman–Crippen LogP) is 4.70. The summed E-state index contributed by atoms with van der Waals surface area (Å²) < 4.78 is 14.1. The zero-order valence-electron chi connectivity index (χ0n) is 15.1. The van der Waals surface area contributed by atoms with E-state index in [4.69, 9.17) is 5.11 Å². The highest BCUT2D eigenvalue weighted by molar-refractivity contribution is 6.16. The van der Waals surface area contributed by atoms with Gasteiger partial charge in [0.1, 0.15) is 11.5 Å². The molecule has 0 aliphatic carbocycles. The largest absolute Gasteiger partial charge is 0.478 e. The molecule has 0 bridgehead atoms. The Hall–Kier alpha value is -4.06. The van der Waals surface area contributed by atoms with Gasteiger partial charge < -0.3 is 10.1 Å². The number of carboxylic acids is 1. The lowest BCUT2D eigenvalue weighted by Gasteiger charge is -2.05. The number of carbonyl (C=O) groups excluding carboxylic acids is 1. The average molecular weight is 386 g/mol. The summed E-state index contributed by atoms with van der Waals surface area (Å²) in [6, 6.07) is 15.0. The SMILES string of the molecule is O=C(O)C=Cc1cccc(-c2cnc3[nH]cc(C(=O)c4ccccc4F)c3c2)c1. The van der Waals surface area contributed by atoms with E-state index in [1.807, 2.05) is 24.3 Å². The summed E-state index contributed by atoms with van der Waals surface area (Å²) in [4.78, 5) is 30.9. The first-order valence-corrected chi connectivity index (χ1v) is 8.81. The second-order valence-corrected chi connectivity index (χ2v) is 6.43. The second-order valence-electron chi connectivity index (χ2n) is 6.43. The van der Waals surface area contributed by atoms with Gasteiger partial charge in [-0.2, -0.15) is 0 Å². The number of rotatable bonds is 5. The molecular weight excluding hydrogens is 371 g/mol. The van der Waals surface area contributed by atoms with Gasteiger partial charge in [-0.05, 0) is 41.5 Å². The maximum Gasteiger partial charge on any atom is 0.328 e. The van der Waals surface area contributed by atoms with Crippen molar-refractivity contribution < 1.29 is 19.1 Å². The topological polar surface area (TPSA) is 83.0 Å². The van der Waals surface area contributed by atoms with Gasteiger partial charge in [-0.15, -0.1) is 0 Å². The van der Waals surface area contributed by atoms with Crippen LogP contribution in [0.1, 0.15) is 21.5 Å². The molecule has 0 atom stereocenters. The number of nitrogens with one attached hydrogen (secondary N) is 1. The van der Waals surface area contributed by atoms with Gasteiger partial charge in [-0.3, -0.25) is 4.79 Å². The average Bonchev–Trinajstić information content (AvgIpc) is 3.15. The van der Waals surface area contributed by atoms with Crippen molar-refractivity contribution in [2.24, 2.45) is 0 Å². The van der Waals surface area contributed by atoms with Crippen LogP contribution in [0.15, 0.2) is 73.1 Å². The van der Waals surface area contributed by atoms with Crippen LogP contribution in [-0.4, -0.2) is 26.8 Å². The maximum absolute atomic E-state index is 14.1. The number of aliphatic carboxylic acids is 1. The second kappa shape index (κ2) is 7.52. The lowest BCUT2D eigenvalue weighted by molar-refractivity contribution is -0.131. The van der Waals surface area contributed by atoms with E-state index >= 15 is 0 Å². The number of fused-ring (bicyclic) bond motifs is 1. The molecule has 2 aromatic heterocycles. The zero-order chi connectivity index (χ0) is 20.4. The Balaban J connectivity index is 1.77. The minimum Gasteiger partial charge on any atom is -0.478 e. The summed E-state index contributed by atoms with van der Waals surface area (Å²) >= 11 is 0. The summed E-state index contributed by atoms with van der Waals surface area (Å²) in [6.45, 7) is 0. The van der Waals surface area contributed by atoms with Gasteiger partial charge in [0.25, 0.3) is 0 Å². The highest BCUT2D eigenvalue weighted by Gasteiger charge is 2.18. The highest BCUT2D eigenvalue weighted by Crippen LogP contribution is 2.27. The van der Waals surface area contributed by atoms with Crippen LogP contribution in [-0.2, 0) is 4.79 Å². The number of hydrogen-bond donors (Lipinski definition) is 2. The van der Waals surface area contributed by atoms with Crippen molar-refractivity contribution in [3.05, 3.63) is 95.6 Å². The monoisotopic (exact) mass is 386 g/mol. The van der Waals surface area contributed by atoms with Crippen LogP contribution < -0.4 is 0 Å². The van der Waals surface area contributed by atoms with E-state index < -0.39 is 17.6 Å². The number of hydrogen-bond acceptors (Lipinski definition) is 3. The first kappa shape index (κ1) is 18.3. The van der Waals surface area contributed by atoms with E-state index in [-0.39, 0.29) is 5.56 Å². The van der Waals surface area contributed by atoms with Crippen LogP contribution in [0.25, 0.3) is 28.2 Å². The van der Waals surface area contributed by atoms with Crippen molar-refractivity contribution in [2.75, 3.05) is 0 Å². The summed E-state index contributed by atoms with van der Waals surface area (Å²) in [6.07, 6.45) is 5.76. The molecule has 0 aliphatic rings. The molecule has 4 aromatic rings. The maximum atomic E-state index is 14.1. The van der Waals surface area contributed by atoms with Gasteiger partial charge in [-0.25, -0.2) is 14.2 Å². The number of aromatic nitrogens is 2. The van der Waals surface area contributed by atoms with Crippen LogP contribution in [0.2, 0.25) is 0 Å². The van der Waals surface area contributed by atoms with Crippen molar-refractivity contribution in [3.8, 4) is 11.1 Å². The minimum atomic E-state index is -1.03. The molecule has 142 valence electrons. The molecule has 29 heavy (non-hydrogen) atoms. The predicted molar refractivity (Wildman–Crippen MR) is 108 cm³/mol. The Kier molecular flexibility index (Phi) is 4.75. The van der Waals surface area contributed by atoms with Crippen LogP contribution >= 0.6 is 0 Å². The summed E-state index contributed by atoms with van der Waals surface area (Å²) in [5, 5.41) is 9.38. The quantitative estimate of drug-likeness (QED) is 0.385. The van der Waals surface area contributed by atoms with Gasteiger partial charge in [0.2, 0.25) is 0 Å². The molecule has 2 N–H and O–H groups in total. The molecule has 0 spiro atoms. The first-order chi connectivity index (χ1) is 14.0. The highest BCUT2D eigenvalue weighted by atomic mass is 19.1. The van der Waals surface area contributed by atoms with Crippen LogP contribution in [0.5, 0.6) is 0 Å². The van der Waals surface area contributed by atoms with Crippen molar-refractivity contribution in [1.82, 2.24) is 9.97 Å². The number of ketones is 1. The van der Waals surface area contributed by atoms with Gasteiger partial charge in [0, 0.05) is 35.0 Å². The summed E-state index contributed by atoms with van der Waals surface area (Å²) in [5.41, 5.74) is 3.15. The number of nitrogens with zero attached hydrogens (tertiary/aromatic N) is 1. The Morgan fingerprint density at radius 1 is 1.00 bits per heavy atom. The summed E-state index contributed by atoms with van der Waals surface area (Å²) in [5.74, 6) is -2.03. The molecule has 0 radical (unpaired) electrons. The molecule has 2 aromatic carbocycles. The lowest BCUT2D eigenvalue weighted by Crippen LogP contribution is -2.03. The number of aromatic amines is 1. The van der Waals surface area contributed by atoms with Gasteiger partial charge in [-0.1, -0.05) is 30.3 Å². The Bertz CT molecular complexity index is 1270. The van der Waals surface area contributed by atoms with Crippen LogP contribution in [0.3, 0.4) is 0 Å². The number of carbonyl (C=O) groups is 2. The molecule has 4 rings (SSSR count). The number of benzene rings is 2. The number of carboxylic acid groups (broad SMARTS) is 1. The van der Waals surface area contributed by atoms with Crippen LogP contribution in [0, 0.1) is 5.82 Å². The Morgan fingerprint density at radius 3 is 2.62 bits per heavy atom. The summed E-state index contributed by atoms with van der Waals surface area (Å²) in [7, 11) is 0. The molecule has 2 heterocycles. The smallest absolute Gasteiger partial charge is 0.328 e. The third kappa shape index (κ3) is 3.68. The van der Waals surface area contributed by atoms with Crippen molar-refractivity contribution in [3.63, 3.8) is 0 Å². The third-order valence-electron chi connectivity index (χ3n) is 4.53. The van der Waals surface area contributed by atoms with E-state index in [0.29, 0.717) is 16.6 Å². The molecule has 0 unspecified atom stereocenters. The van der Waals surface area contributed by atoms with Crippen molar-refractivity contribution >= 4 is 28.9 Å². The fraction of sp³-hybridized carbons (Fsp3) is 0. The van der Waals surface area contributed by atoms with E-state index in [9.17, 15) is 14.0 Å². The molecule has 5 nitrogen and oxygen atoms in total. The molecule has 0 aliphatic heterocycles. The molecule has 0 saturated carbocycles. The van der Waals surface area contributed by atoms with E-state index in [1.165, 1.54) is 30.5 Å². The molecule has 6 heteroatoms. The molecular formula is C23H15FN2O3. The fourth-order valence-electron chi connectivity index (χ4n) is 3.13. The van der Waals surface area contributed by atoms with Gasteiger partial charge >= 0.3 is 5.97 Å². The van der Waals surface area contributed by atoms with Crippen LogP contribution in [0.4, 0.5) is 4.39 Å². The van der Waals surface area contributed by atoms with E-state index in [2.05, 4.69) is 9.97 Å². The minimum absolute atomic E-state index is 0.000363. The Labute approximate surface area is 165 Å². The van der Waals surface area contributed by atoms with Crippen molar-refractivity contribution in [2.45, 2.75) is 0 Å². The Morgan fingerprint density at radius 2 is 1.83 bits per heavy atom. The fourth-order valence-corrected chi connectivity index (χ4v) is 3.13. The molecule has 0 amide bonds. The van der Waals surface area contributed by atoms with E-state index in [0.717, 1.165) is 22.8 Å². The number of halogens is 1. The first-order valence-electron chi connectivity index (χ1n) is 8.81. The van der Waals surface area contributed by atoms with Gasteiger partial charge in [0.15, 0.2) is 5.78 Å². The molecule has 0 fully saturated rings. The number of pyridine rings is 1. The molecule has 0 saturated heterocycles.